The van der Waals surface area contributed by atoms with E-state index < -0.39 is 10.0 Å². The standard InChI is InChI=1S/C16H26N2O5S/c1-2-22-16(19)9-6-11-18-24(20,21)15-8-5-7-14(13-15)23-12-4-3-10-17/h5,7-8,13,18H,2-4,6,9-12,17H2,1H3. The Kier molecular flexibility index (Phi) is 9.36. The molecule has 0 unspecified atom stereocenters. The number of benzene rings is 1. The van der Waals surface area contributed by atoms with Gasteiger partial charge in [0.15, 0.2) is 0 Å². The van der Waals surface area contributed by atoms with Crippen molar-refractivity contribution in [3.8, 4) is 5.75 Å². The Bertz CT molecular complexity index is 604. The lowest BCUT2D eigenvalue weighted by Gasteiger charge is -2.09. The average molecular weight is 358 g/mol. The zero-order valence-electron chi connectivity index (χ0n) is 14.0. The molecule has 0 aliphatic rings. The maximum atomic E-state index is 12.2. The third-order valence-electron chi connectivity index (χ3n) is 3.14. The van der Waals surface area contributed by atoms with Crippen LogP contribution in [0.4, 0.5) is 0 Å². The van der Waals surface area contributed by atoms with E-state index in [0.29, 0.717) is 31.9 Å². The smallest absolute Gasteiger partial charge is 0.305 e. The van der Waals surface area contributed by atoms with Gasteiger partial charge in [0.1, 0.15) is 5.75 Å². The van der Waals surface area contributed by atoms with Gasteiger partial charge in [-0.15, -0.1) is 0 Å². The number of nitrogens with one attached hydrogen (secondary N) is 1. The fourth-order valence-corrected chi connectivity index (χ4v) is 3.03. The van der Waals surface area contributed by atoms with Gasteiger partial charge in [-0.25, -0.2) is 13.1 Å². The van der Waals surface area contributed by atoms with Gasteiger partial charge in [-0.3, -0.25) is 4.79 Å². The molecule has 0 fully saturated rings. The molecule has 3 N–H and O–H groups in total. The van der Waals surface area contributed by atoms with Gasteiger partial charge in [-0.2, -0.15) is 0 Å². The number of hydrogen-bond donors (Lipinski definition) is 2. The van der Waals surface area contributed by atoms with Gasteiger partial charge in [-0.05, 0) is 44.9 Å². The van der Waals surface area contributed by atoms with Crippen molar-refractivity contribution in [1.82, 2.24) is 4.72 Å². The van der Waals surface area contributed by atoms with E-state index in [9.17, 15) is 13.2 Å². The van der Waals surface area contributed by atoms with Crippen LogP contribution < -0.4 is 15.2 Å². The quantitative estimate of drug-likeness (QED) is 0.432. The molecule has 8 heteroatoms. The van der Waals surface area contributed by atoms with Crippen LogP contribution in [0.15, 0.2) is 29.2 Å². The first-order valence-electron chi connectivity index (χ1n) is 8.08. The predicted octanol–water partition coefficient (Wildman–Crippen LogP) is 1.43. The molecule has 24 heavy (non-hydrogen) atoms. The molecule has 0 aliphatic heterocycles. The Morgan fingerprint density at radius 3 is 2.75 bits per heavy atom. The molecule has 0 bridgehead atoms. The number of ether oxygens (including phenoxy) is 2. The highest BCUT2D eigenvalue weighted by Crippen LogP contribution is 2.17. The lowest BCUT2D eigenvalue weighted by atomic mass is 10.3. The lowest BCUT2D eigenvalue weighted by molar-refractivity contribution is -0.143. The van der Waals surface area contributed by atoms with Crippen LogP contribution >= 0.6 is 0 Å². The van der Waals surface area contributed by atoms with Crippen LogP contribution in [0, 0.1) is 0 Å². The van der Waals surface area contributed by atoms with E-state index in [1.54, 1.807) is 19.1 Å². The molecule has 0 aliphatic carbocycles. The number of hydrogen-bond acceptors (Lipinski definition) is 6. The molecule has 1 rings (SSSR count). The molecule has 0 saturated carbocycles. The summed E-state index contributed by atoms with van der Waals surface area (Å²) in [6.07, 6.45) is 2.24. The van der Waals surface area contributed by atoms with Crippen molar-refractivity contribution in [3.63, 3.8) is 0 Å². The van der Waals surface area contributed by atoms with Crippen molar-refractivity contribution in [2.45, 2.75) is 37.5 Å². The molecule has 0 saturated heterocycles. The minimum atomic E-state index is -3.63. The van der Waals surface area contributed by atoms with Gasteiger partial charge >= 0.3 is 5.97 Å². The zero-order valence-corrected chi connectivity index (χ0v) is 14.8. The molecular weight excluding hydrogens is 332 g/mol. The van der Waals surface area contributed by atoms with E-state index in [2.05, 4.69) is 4.72 Å². The first-order valence-corrected chi connectivity index (χ1v) is 9.56. The van der Waals surface area contributed by atoms with Gasteiger partial charge in [0.05, 0.1) is 18.1 Å². The minimum Gasteiger partial charge on any atom is -0.494 e. The van der Waals surface area contributed by atoms with E-state index in [4.69, 9.17) is 15.2 Å². The van der Waals surface area contributed by atoms with Crippen molar-refractivity contribution in [3.05, 3.63) is 24.3 Å². The molecule has 1 aromatic carbocycles. The third kappa shape index (κ3) is 7.76. The van der Waals surface area contributed by atoms with Gasteiger partial charge in [0, 0.05) is 19.0 Å². The van der Waals surface area contributed by atoms with Gasteiger partial charge < -0.3 is 15.2 Å². The number of unbranched alkanes of at least 4 members (excludes halogenated alkanes) is 1. The summed E-state index contributed by atoms with van der Waals surface area (Å²) in [5, 5.41) is 0. The second-order valence-corrected chi connectivity index (χ2v) is 6.89. The largest absolute Gasteiger partial charge is 0.494 e. The highest BCUT2D eigenvalue weighted by Gasteiger charge is 2.14. The highest BCUT2D eigenvalue weighted by molar-refractivity contribution is 7.89. The molecule has 0 amide bonds. The first kappa shape index (κ1) is 20.4. The van der Waals surface area contributed by atoms with Crippen LogP contribution in [0.25, 0.3) is 0 Å². The van der Waals surface area contributed by atoms with Crippen molar-refractivity contribution in [1.29, 1.82) is 0 Å². The van der Waals surface area contributed by atoms with E-state index in [0.717, 1.165) is 12.8 Å². The molecule has 1 aromatic rings. The number of nitrogens with two attached hydrogens (primary N) is 1. The molecule has 0 heterocycles. The third-order valence-corrected chi connectivity index (χ3v) is 4.60. The fourth-order valence-electron chi connectivity index (χ4n) is 1.92. The summed E-state index contributed by atoms with van der Waals surface area (Å²) >= 11 is 0. The number of carbonyl (C=O) groups is 1. The van der Waals surface area contributed by atoms with Crippen LogP contribution in [-0.4, -0.2) is 40.7 Å². The Balaban J connectivity index is 2.49. The fraction of sp³-hybridized carbons (Fsp3) is 0.562. The van der Waals surface area contributed by atoms with Crippen molar-refractivity contribution >= 4 is 16.0 Å². The summed E-state index contributed by atoms with van der Waals surface area (Å²) in [5.41, 5.74) is 5.41. The first-order chi connectivity index (χ1) is 11.5. The molecule has 136 valence electrons. The summed E-state index contributed by atoms with van der Waals surface area (Å²) in [6.45, 7) is 3.32. The summed E-state index contributed by atoms with van der Waals surface area (Å²) in [6, 6.07) is 6.32. The van der Waals surface area contributed by atoms with E-state index in [-0.39, 0.29) is 23.8 Å². The second-order valence-electron chi connectivity index (χ2n) is 5.13. The summed E-state index contributed by atoms with van der Waals surface area (Å²) in [7, 11) is -3.63. The van der Waals surface area contributed by atoms with Crippen molar-refractivity contribution in [2.75, 3.05) is 26.3 Å². The van der Waals surface area contributed by atoms with Crippen LogP contribution in [0.5, 0.6) is 5.75 Å². The van der Waals surface area contributed by atoms with E-state index in [1.165, 1.54) is 12.1 Å². The van der Waals surface area contributed by atoms with Gasteiger partial charge in [-0.1, -0.05) is 6.07 Å². The normalized spacial score (nSPS) is 11.2. The topological polar surface area (TPSA) is 108 Å². The SMILES string of the molecule is CCOC(=O)CCCNS(=O)(=O)c1cccc(OCCCCN)c1. The Morgan fingerprint density at radius 2 is 2.04 bits per heavy atom. The number of sulfonamides is 1. The van der Waals surface area contributed by atoms with Crippen molar-refractivity contribution in [2.24, 2.45) is 5.73 Å². The second kappa shape index (κ2) is 11.0. The van der Waals surface area contributed by atoms with Gasteiger partial charge in [0.2, 0.25) is 10.0 Å². The maximum absolute atomic E-state index is 12.2. The maximum Gasteiger partial charge on any atom is 0.305 e. The van der Waals surface area contributed by atoms with Gasteiger partial charge in [0.25, 0.3) is 0 Å². The minimum absolute atomic E-state index is 0.134. The summed E-state index contributed by atoms with van der Waals surface area (Å²) in [5.74, 6) is 0.172. The van der Waals surface area contributed by atoms with E-state index >= 15 is 0 Å². The van der Waals surface area contributed by atoms with Crippen LogP contribution in [0.3, 0.4) is 0 Å². The van der Waals surface area contributed by atoms with Crippen molar-refractivity contribution < 1.29 is 22.7 Å². The lowest BCUT2D eigenvalue weighted by Crippen LogP contribution is -2.25. The summed E-state index contributed by atoms with van der Waals surface area (Å²) < 4.78 is 37.2. The number of esters is 1. The molecule has 7 nitrogen and oxygen atoms in total. The molecule has 0 aromatic heterocycles. The molecular formula is C16H26N2O5S. The Labute approximate surface area is 143 Å². The summed E-state index contributed by atoms with van der Waals surface area (Å²) in [4.78, 5) is 11.3. The number of carbonyl (C=O) groups excluding carboxylic acids is 1. The van der Waals surface area contributed by atoms with Crippen LogP contribution in [-0.2, 0) is 19.6 Å². The zero-order chi connectivity index (χ0) is 17.8. The Morgan fingerprint density at radius 1 is 1.25 bits per heavy atom. The average Bonchev–Trinajstić information content (AvgIpc) is 2.56. The molecule has 0 atom stereocenters. The van der Waals surface area contributed by atoms with Crippen LogP contribution in [0.2, 0.25) is 0 Å². The monoisotopic (exact) mass is 358 g/mol. The van der Waals surface area contributed by atoms with E-state index in [1.807, 2.05) is 0 Å². The Hall–Kier alpha value is -1.64. The highest BCUT2D eigenvalue weighted by atomic mass is 32.2. The molecule has 0 radical (unpaired) electrons. The number of rotatable bonds is 12. The molecule has 0 spiro atoms. The predicted molar refractivity (Wildman–Crippen MR) is 91.3 cm³/mol. The van der Waals surface area contributed by atoms with Crippen LogP contribution in [0.1, 0.15) is 32.6 Å².